The van der Waals surface area contributed by atoms with Crippen LogP contribution in [0.4, 0.5) is 5.69 Å². The molecule has 0 aliphatic heterocycles. The van der Waals surface area contributed by atoms with Gasteiger partial charge in [-0.05, 0) is 64.4 Å². The van der Waals surface area contributed by atoms with Crippen LogP contribution in [-0.4, -0.2) is 33.3 Å². The van der Waals surface area contributed by atoms with Crippen molar-refractivity contribution in [2.75, 3.05) is 5.32 Å². The van der Waals surface area contributed by atoms with Crippen LogP contribution in [0.5, 0.6) is 0 Å². The predicted octanol–water partition coefficient (Wildman–Crippen LogP) is 3.73. The molecule has 2 heterocycles. The Morgan fingerprint density at radius 3 is 2.35 bits per heavy atom. The standard InChI is InChI=1S/C22H23N3O5S/c1-11(2)30-22(29)18-12(3)17-20(31-18)23-10-25(21(17)28)13(4)19(27)24-16-8-6-15(7-9-16)14(5)26/h6-11,13H,1-5H3,(H,24,27). The molecule has 0 bridgehead atoms. The molecule has 0 spiro atoms. The van der Waals surface area contributed by atoms with Crippen molar-refractivity contribution in [1.82, 2.24) is 9.55 Å². The number of Topliss-reactive ketones (excluding diaryl/α,β-unsaturated/α-hetero) is 1. The van der Waals surface area contributed by atoms with Gasteiger partial charge in [-0.25, -0.2) is 9.78 Å². The minimum atomic E-state index is -0.845. The summed E-state index contributed by atoms with van der Waals surface area (Å²) in [5.74, 6) is -0.979. The van der Waals surface area contributed by atoms with E-state index in [0.29, 0.717) is 31.9 Å². The van der Waals surface area contributed by atoms with Gasteiger partial charge in [0.05, 0.1) is 17.8 Å². The maximum atomic E-state index is 13.1. The molecule has 1 amide bonds. The van der Waals surface area contributed by atoms with Crippen LogP contribution in [0.1, 0.15) is 59.3 Å². The van der Waals surface area contributed by atoms with E-state index in [1.807, 2.05) is 0 Å². The molecule has 3 aromatic rings. The second-order valence-corrected chi connectivity index (χ2v) is 8.45. The summed E-state index contributed by atoms with van der Waals surface area (Å²) >= 11 is 1.10. The fourth-order valence-corrected chi connectivity index (χ4v) is 4.06. The number of nitrogens with one attached hydrogen (secondary N) is 1. The number of hydrogen-bond acceptors (Lipinski definition) is 7. The number of carbonyl (C=O) groups excluding carboxylic acids is 3. The summed E-state index contributed by atoms with van der Waals surface area (Å²) in [6.45, 7) is 8.22. The van der Waals surface area contributed by atoms with Gasteiger partial charge in [0, 0.05) is 11.3 Å². The zero-order valence-corrected chi connectivity index (χ0v) is 18.7. The fourth-order valence-electron chi connectivity index (χ4n) is 3.04. The summed E-state index contributed by atoms with van der Waals surface area (Å²) in [5.41, 5.74) is 1.13. The van der Waals surface area contributed by atoms with Gasteiger partial charge in [0.25, 0.3) is 5.56 Å². The van der Waals surface area contributed by atoms with Crippen LogP contribution in [0.3, 0.4) is 0 Å². The molecule has 1 atom stereocenters. The second-order valence-electron chi connectivity index (χ2n) is 7.45. The van der Waals surface area contributed by atoms with E-state index in [1.165, 1.54) is 17.8 Å². The van der Waals surface area contributed by atoms with Crippen LogP contribution in [0.25, 0.3) is 10.2 Å². The highest BCUT2D eigenvalue weighted by molar-refractivity contribution is 7.20. The number of carbonyl (C=O) groups is 3. The number of thiophene rings is 1. The Morgan fingerprint density at radius 2 is 1.77 bits per heavy atom. The number of aromatic nitrogens is 2. The van der Waals surface area contributed by atoms with Gasteiger partial charge >= 0.3 is 5.97 Å². The number of nitrogens with zero attached hydrogens (tertiary/aromatic N) is 2. The number of rotatable bonds is 6. The number of benzene rings is 1. The lowest BCUT2D eigenvalue weighted by atomic mass is 10.1. The molecule has 31 heavy (non-hydrogen) atoms. The maximum Gasteiger partial charge on any atom is 0.348 e. The molecular weight excluding hydrogens is 418 g/mol. The fraction of sp³-hybridized carbons (Fsp3) is 0.318. The Bertz CT molecular complexity index is 1220. The quantitative estimate of drug-likeness (QED) is 0.461. The molecule has 9 heteroatoms. The van der Waals surface area contributed by atoms with E-state index in [0.717, 1.165) is 11.3 Å². The van der Waals surface area contributed by atoms with Crippen molar-refractivity contribution in [3.05, 3.63) is 57.0 Å². The van der Waals surface area contributed by atoms with E-state index in [4.69, 9.17) is 4.74 Å². The molecular formula is C22H23N3O5S. The molecule has 0 aliphatic carbocycles. The molecule has 162 valence electrons. The van der Waals surface area contributed by atoms with Crippen molar-refractivity contribution in [3.63, 3.8) is 0 Å². The zero-order chi connectivity index (χ0) is 22.9. The first-order valence-corrected chi connectivity index (χ1v) is 10.5. The summed E-state index contributed by atoms with van der Waals surface area (Å²) in [7, 11) is 0. The molecule has 0 saturated carbocycles. The smallest absolute Gasteiger partial charge is 0.348 e. The number of esters is 1. The van der Waals surface area contributed by atoms with Gasteiger partial charge in [0.2, 0.25) is 5.91 Å². The van der Waals surface area contributed by atoms with Crippen molar-refractivity contribution < 1.29 is 19.1 Å². The molecule has 0 radical (unpaired) electrons. The molecule has 3 rings (SSSR count). The first kappa shape index (κ1) is 22.4. The molecule has 0 fully saturated rings. The highest BCUT2D eigenvalue weighted by Crippen LogP contribution is 2.28. The molecule has 1 N–H and O–H groups in total. The normalized spacial score (nSPS) is 12.1. The largest absolute Gasteiger partial charge is 0.459 e. The van der Waals surface area contributed by atoms with Crippen molar-refractivity contribution >= 4 is 44.9 Å². The molecule has 1 aromatic carbocycles. The number of anilines is 1. The SMILES string of the molecule is CC(=O)c1ccc(NC(=O)C(C)n2cnc3sc(C(=O)OC(C)C)c(C)c3c2=O)cc1. The first-order valence-electron chi connectivity index (χ1n) is 9.73. The summed E-state index contributed by atoms with van der Waals surface area (Å²) in [5, 5.41) is 3.03. The summed E-state index contributed by atoms with van der Waals surface area (Å²) in [6.07, 6.45) is 1.02. The van der Waals surface area contributed by atoms with Crippen LogP contribution in [-0.2, 0) is 9.53 Å². The number of amides is 1. The first-order chi connectivity index (χ1) is 14.6. The average molecular weight is 442 g/mol. The lowest BCUT2D eigenvalue weighted by Crippen LogP contribution is -2.31. The lowest BCUT2D eigenvalue weighted by Gasteiger charge is -2.15. The second kappa shape index (κ2) is 8.81. The third kappa shape index (κ3) is 4.56. The Labute approximate surface area is 182 Å². The number of fused-ring (bicyclic) bond motifs is 1. The third-order valence-corrected chi connectivity index (χ3v) is 5.94. The molecule has 0 aliphatic rings. The van der Waals surface area contributed by atoms with Gasteiger partial charge in [-0.15, -0.1) is 11.3 Å². The van der Waals surface area contributed by atoms with Gasteiger partial charge < -0.3 is 10.1 Å². The van der Waals surface area contributed by atoms with Crippen LogP contribution < -0.4 is 10.9 Å². The van der Waals surface area contributed by atoms with Crippen LogP contribution in [0, 0.1) is 6.92 Å². The van der Waals surface area contributed by atoms with Gasteiger partial charge in [-0.1, -0.05) is 0 Å². The van der Waals surface area contributed by atoms with E-state index >= 15 is 0 Å². The summed E-state index contributed by atoms with van der Waals surface area (Å²) in [6, 6.07) is 5.65. The average Bonchev–Trinajstić information content (AvgIpc) is 3.05. The van der Waals surface area contributed by atoms with Crippen LogP contribution in [0.2, 0.25) is 0 Å². The highest BCUT2D eigenvalue weighted by atomic mass is 32.1. The Hall–Kier alpha value is -3.33. The monoisotopic (exact) mass is 441 g/mol. The number of ketones is 1. The Kier molecular flexibility index (Phi) is 6.35. The van der Waals surface area contributed by atoms with Crippen LogP contribution in [0.15, 0.2) is 35.4 Å². The van der Waals surface area contributed by atoms with E-state index < -0.39 is 23.5 Å². The zero-order valence-electron chi connectivity index (χ0n) is 17.9. The van der Waals surface area contributed by atoms with Gasteiger partial charge in [0.15, 0.2) is 5.78 Å². The number of aryl methyl sites for hydroxylation is 1. The van der Waals surface area contributed by atoms with E-state index in [9.17, 15) is 19.2 Å². The number of hydrogen-bond donors (Lipinski definition) is 1. The van der Waals surface area contributed by atoms with Crippen molar-refractivity contribution in [3.8, 4) is 0 Å². The van der Waals surface area contributed by atoms with Crippen molar-refractivity contribution in [2.24, 2.45) is 0 Å². The predicted molar refractivity (Wildman–Crippen MR) is 119 cm³/mol. The van der Waals surface area contributed by atoms with E-state index in [-0.39, 0.29) is 11.9 Å². The summed E-state index contributed by atoms with van der Waals surface area (Å²) < 4.78 is 6.48. The van der Waals surface area contributed by atoms with E-state index in [2.05, 4.69) is 10.3 Å². The highest BCUT2D eigenvalue weighted by Gasteiger charge is 2.24. The minimum Gasteiger partial charge on any atom is -0.459 e. The molecule has 1 unspecified atom stereocenters. The van der Waals surface area contributed by atoms with Gasteiger partial charge in [0.1, 0.15) is 15.7 Å². The Balaban J connectivity index is 1.89. The third-order valence-electron chi connectivity index (χ3n) is 4.76. The molecule has 8 nitrogen and oxygen atoms in total. The lowest BCUT2D eigenvalue weighted by molar-refractivity contribution is -0.118. The number of ether oxygens (including phenoxy) is 1. The van der Waals surface area contributed by atoms with E-state index in [1.54, 1.807) is 52.0 Å². The van der Waals surface area contributed by atoms with Gasteiger partial charge in [-0.2, -0.15) is 0 Å². The molecule has 2 aromatic heterocycles. The summed E-state index contributed by atoms with van der Waals surface area (Å²) in [4.78, 5) is 54.5. The van der Waals surface area contributed by atoms with Crippen molar-refractivity contribution in [2.45, 2.75) is 46.8 Å². The van der Waals surface area contributed by atoms with Crippen molar-refractivity contribution in [1.29, 1.82) is 0 Å². The minimum absolute atomic E-state index is 0.0695. The topological polar surface area (TPSA) is 107 Å². The Morgan fingerprint density at radius 1 is 1.13 bits per heavy atom. The van der Waals surface area contributed by atoms with Crippen LogP contribution >= 0.6 is 11.3 Å². The molecule has 0 saturated heterocycles. The maximum absolute atomic E-state index is 13.1. The van der Waals surface area contributed by atoms with Gasteiger partial charge in [-0.3, -0.25) is 19.0 Å².